The van der Waals surface area contributed by atoms with Crippen LogP contribution in [-0.4, -0.2) is 38.2 Å². The van der Waals surface area contributed by atoms with Crippen LogP contribution in [0.3, 0.4) is 0 Å². The number of aldehydes is 1. The monoisotopic (exact) mass is 359 g/mol. The maximum Gasteiger partial charge on any atom is 0.257 e. The fourth-order valence-corrected chi connectivity index (χ4v) is 2.83. The topological polar surface area (TPSA) is 64.6 Å². The van der Waals surface area contributed by atoms with Gasteiger partial charge in [-0.15, -0.1) is 11.8 Å². The highest BCUT2D eigenvalue weighted by Crippen LogP contribution is 2.22. The van der Waals surface area contributed by atoms with Crippen molar-refractivity contribution < 1.29 is 19.1 Å². The molecule has 2 rings (SSSR count). The molecule has 0 atom stereocenters. The Morgan fingerprint density at radius 3 is 2.64 bits per heavy atom. The van der Waals surface area contributed by atoms with E-state index in [4.69, 9.17) is 9.47 Å². The normalized spacial score (nSPS) is 10.2. The predicted octanol–water partition coefficient (Wildman–Crippen LogP) is 3.10. The van der Waals surface area contributed by atoms with Gasteiger partial charge in [0, 0.05) is 17.2 Å². The first-order chi connectivity index (χ1) is 12.1. The summed E-state index contributed by atoms with van der Waals surface area (Å²) in [7, 11) is 1.52. The molecule has 0 aliphatic heterocycles. The van der Waals surface area contributed by atoms with E-state index in [1.165, 1.54) is 17.6 Å². The van der Waals surface area contributed by atoms with Gasteiger partial charge in [0.1, 0.15) is 11.5 Å². The lowest BCUT2D eigenvalue weighted by Gasteiger charge is -2.10. The number of carbonyl (C=O) groups is 2. The SMILES string of the molecule is COc1ccc(OCC(=O)NCCSc2ccc(C)cc2)c(C=O)c1. The number of methoxy groups -OCH3 is 1. The molecule has 25 heavy (non-hydrogen) atoms. The van der Waals surface area contributed by atoms with Crippen LogP contribution in [0.1, 0.15) is 15.9 Å². The van der Waals surface area contributed by atoms with Crippen LogP contribution in [0.4, 0.5) is 0 Å². The van der Waals surface area contributed by atoms with E-state index in [9.17, 15) is 9.59 Å². The molecule has 6 heteroatoms. The molecule has 0 unspecified atom stereocenters. The highest BCUT2D eigenvalue weighted by Gasteiger charge is 2.08. The molecule has 0 aliphatic carbocycles. The zero-order valence-corrected chi connectivity index (χ0v) is 15.1. The molecule has 132 valence electrons. The van der Waals surface area contributed by atoms with Crippen molar-refractivity contribution in [2.45, 2.75) is 11.8 Å². The zero-order valence-electron chi connectivity index (χ0n) is 14.3. The predicted molar refractivity (Wildman–Crippen MR) is 98.8 cm³/mol. The molecule has 5 nitrogen and oxygen atoms in total. The third-order valence-electron chi connectivity index (χ3n) is 3.42. The molecule has 0 saturated heterocycles. The summed E-state index contributed by atoms with van der Waals surface area (Å²) >= 11 is 1.68. The summed E-state index contributed by atoms with van der Waals surface area (Å²) in [5.41, 5.74) is 1.57. The maximum absolute atomic E-state index is 11.8. The van der Waals surface area contributed by atoms with Crippen LogP contribution in [-0.2, 0) is 4.79 Å². The fourth-order valence-electron chi connectivity index (χ4n) is 2.07. The minimum absolute atomic E-state index is 0.137. The van der Waals surface area contributed by atoms with E-state index in [0.29, 0.717) is 29.9 Å². The summed E-state index contributed by atoms with van der Waals surface area (Å²) < 4.78 is 10.5. The summed E-state index contributed by atoms with van der Waals surface area (Å²) in [5.74, 6) is 1.47. The Morgan fingerprint density at radius 1 is 1.20 bits per heavy atom. The highest BCUT2D eigenvalue weighted by molar-refractivity contribution is 7.99. The molecule has 2 aromatic carbocycles. The van der Waals surface area contributed by atoms with Gasteiger partial charge in [-0.3, -0.25) is 9.59 Å². The summed E-state index contributed by atoms with van der Waals surface area (Å²) in [4.78, 5) is 24.1. The van der Waals surface area contributed by atoms with Crippen molar-refractivity contribution in [2.75, 3.05) is 26.0 Å². The average molecular weight is 359 g/mol. The minimum atomic E-state index is -0.225. The molecule has 0 heterocycles. The van der Waals surface area contributed by atoms with Gasteiger partial charge in [0.05, 0.1) is 12.7 Å². The van der Waals surface area contributed by atoms with E-state index in [1.54, 1.807) is 30.0 Å². The van der Waals surface area contributed by atoms with Crippen LogP contribution in [0.5, 0.6) is 11.5 Å². The first-order valence-corrected chi connectivity index (χ1v) is 8.83. The van der Waals surface area contributed by atoms with Crippen LogP contribution in [0, 0.1) is 6.92 Å². The second kappa shape index (κ2) is 9.74. The van der Waals surface area contributed by atoms with Gasteiger partial charge in [-0.25, -0.2) is 0 Å². The molecular formula is C19H21NO4S. The Morgan fingerprint density at radius 2 is 1.96 bits per heavy atom. The second-order valence-corrected chi connectivity index (χ2v) is 6.49. The van der Waals surface area contributed by atoms with Crippen LogP contribution in [0.2, 0.25) is 0 Å². The van der Waals surface area contributed by atoms with Crippen LogP contribution in [0.15, 0.2) is 47.4 Å². The molecule has 0 saturated carbocycles. The Hall–Kier alpha value is -2.47. The summed E-state index contributed by atoms with van der Waals surface area (Å²) in [6.45, 7) is 2.46. The molecule has 0 radical (unpaired) electrons. The van der Waals surface area contributed by atoms with Crippen molar-refractivity contribution in [3.8, 4) is 11.5 Å². The molecular weight excluding hydrogens is 338 g/mol. The van der Waals surface area contributed by atoms with Crippen LogP contribution < -0.4 is 14.8 Å². The van der Waals surface area contributed by atoms with E-state index in [0.717, 1.165) is 5.75 Å². The number of amides is 1. The van der Waals surface area contributed by atoms with Gasteiger partial charge >= 0.3 is 0 Å². The lowest BCUT2D eigenvalue weighted by Crippen LogP contribution is -2.30. The van der Waals surface area contributed by atoms with Crippen LogP contribution >= 0.6 is 11.8 Å². The Labute approximate surface area is 151 Å². The quantitative estimate of drug-likeness (QED) is 0.423. The number of nitrogens with one attached hydrogen (secondary N) is 1. The average Bonchev–Trinajstić information content (AvgIpc) is 2.64. The van der Waals surface area contributed by atoms with Gasteiger partial charge in [-0.2, -0.15) is 0 Å². The number of hydrogen-bond acceptors (Lipinski definition) is 5. The summed E-state index contributed by atoms with van der Waals surface area (Å²) in [6, 6.07) is 13.1. The van der Waals surface area contributed by atoms with E-state index < -0.39 is 0 Å². The first-order valence-electron chi connectivity index (χ1n) is 7.84. The van der Waals surface area contributed by atoms with E-state index in [1.807, 2.05) is 6.92 Å². The molecule has 0 aromatic heterocycles. The number of thioether (sulfide) groups is 1. The maximum atomic E-state index is 11.8. The van der Waals surface area contributed by atoms with Gasteiger partial charge in [-0.05, 0) is 37.3 Å². The first kappa shape index (κ1) is 18.9. The molecule has 1 amide bonds. The molecule has 2 aromatic rings. The third kappa shape index (κ3) is 6.15. The van der Waals surface area contributed by atoms with Gasteiger partial charge in [0.2, 0.25) is 0 Å². The van der Waals surface area contributed by atoms with Crippen molar-refractivity contribution in [1.82, 2.24) is 5.32 Å². The largest absolute Gasteiger partial charge is 0.497 e. The minimum Gasteiger partial charge on any atom is -0.497 e. The van der Waals surface area contributed by atoms with E-state index in [-0.39, 0.29) is 12.5 Å². The smallest absolute Gasteiger partial charge is 0.257 e. The lowest BCUT2D eigenvalue weighted by molar-refractivity contribution is -0.122. The second-order valence-electron chi connectivity index (χ2n) is 5.32. The molecule has 0 fully saturated rings. The van der Waals surface area contributed by atoms with Crippen molar-refractivity contribution in [1.29, 1.82) is 0 Å². The van der Waals surface area contributed by atoms with Crippen LogP contribution in [0.25, 0.3) is 0 Å². The Bertz CT molecular complexity index is 716. The number of ether oxygens (including phenoxy) is 2. The molecule has 0 spiro atoms. The summed E-state index contributed by atoms with van der Waals surface area (Å²) in [5, 5.41) is 2.80. The number of carbonyl (C=O) groups excluding carboxylic acids is 2. The Kier molecular flexibility index (Phi) is 7.35. The lowest BCUT2D eigenvalue weighted by atomic mass is 10.2. The summed E-state index contributed by atoms with van der Waals surface area (Å²) in [6.07, 6.45) is 0.675. The van der Waals surface area contributed by atoms with E-state index in [2.05, 4.69) is 29.6 Å². The van der Waals surface area contributed by atoms with Crippen molar-refractivity contribution in [3.63, 3.8) is 0 Å². The third-order valence-corrected chi connectivity index (χ3v) is 4.43. The number of benzene rings is 2. The fraction of sp³-hybridized carbons (Fsp3) is 0.263. The Balaban J connectivity index is 1.72. The zero-order chi connectivity index (χ0) is 18.1. The van der Waals surface area contributed by atoms with Gasteiger partial charge < -0.3 is 14.8 Å². The van der Waals surface area contributed by atoms with Crippen molar-refractivity contribution in [2.24, 2.45) is 0 Å². The highest BCUT2D eigenvalue weighted by atomic mass is 32.2. The van der Waals surface area contributed by atoms with Crippen molar-refractivity contribution >= 4 is 24.0 Å². The van der Waals surface area contributed by atoms with Gasteiger partial charge in [-0.1, -0.05) is 17.7 Å². The number of rotatable bonds is 9. The number of hydrogen-bond donors (Lipinski definition) is 1. The van der Waals surface area contributed by atoms with Crippen molar-refractivity contribution in [3.05, 3.63) is 53.6 Å². The number of aryl methyl sites for hydroxylation is 1. The van der Waals surface area contributed by atoms with E-state index >= 15 is 0 Å². The molecule has 0 aliphatic rings. The van der Waals surface area contributed by atoms with Gasteiger partial charge in [0.25, 0.3) is 5.91 Å². The van der Waals surface area contributed by atoms with Gasteiger partial charge in [0.15, 0.2) is 12.9 Å². The standard InChI is InChI=1S/C19H21NO4S/c1-14-3-6-17(7-4-14)25-10-9-20-19(22)13-24-18-8-5-16(23-2)11-15(18)12-21/h3-8,11-12H,9-10,13H2,1-2H3,(H,20,22). The molecule has 1 N–H and O–H groups in total. The molecule has 0 bridgehead atoms.